The maximum Gasteiger partial charge on any atom is 0.191 e. The number of aryl methyl sites for hydroxylation is 1. The lowest BCUT2D eigenvalue weighted by Gasteiger charge is -2.46. The lowest BCUT2D eigenvalue weighted by atomic mass is 9.60. The number of allylic oxidation sites excluding steroid dienone is 1. The lowest BCUT2D eigenvalue weighted by Crippen LogP contribution is -2.49. The number of Topliss-reactive ketones (excluding diaryl/α,β-unsaturated/α-hetero) is 1. The van der Waals surface area contributed by atoms with Crippen LogP contribution in [0.25, 0.3) is 11.8 Å². The average Bonchev–Trinajstić information content (AvgIpc) is 3.63. The molecule has 2 aliphatic carbocycles. The average molecular weight is 587 g/mol. The van der Waals surface area contributed by atoms with Crippen molar-refractivity contribution in [2.24, 2.45) is 5.41 Å². The quantitative estimate of drug-likeness (QED) is 0.212. The first kappa shape index (κ1) is 28.2. The highest BCUT2D eigenvalue weighted by molar-refractivity contribution is 7.98. The van der Waals surface area contributed by atoms with Gasteiger partial charge in [-0.25, -0.2) is 17.6 Å². The fourth-order valence-electron chi connectivity index (χ4n) is 6.26. The van der Waals surface area contributed by atoms with E-state index in [-0.39, 0.29) is 23.7 Å². The molecule has 10 heteroatoms. The molecular formula is C32H35FN6O2S. The molecule has 3 aromatic heterocycles. The van der Waals surface area contributed by atoms with Gasteiger partial charge in [0.05, 0.1) is 43.8 Å². The molecule has 1 aromatic carbocycles. The monoisotopic (exact) mass is 586 g/mol. The molecule has 1 unspecified atom stereocenters. The number of ketones is 1. The zero-order chi connectivity index (χ0) is 29.8. The summed E-state index contributed by atoms with van der Waals surface area (Å²) in [6.45, 7) is 5.99. The topological polar surface area (TPSA) is 85.9 Å². The second-order valence-electron chi connectivity index (χ2n) is 11.8. The minimum absolute atomic E-state index is 0.0427. The van der Waals surface area contributed by atoms with Gasteiger partial charge in [-0.1, -0.05) is 5.57 Å². The van der Waals surface area contributed by atoms with Crippen LogP contribution in [0.4, 0.5) is 4.39 Å². The predicted octanol–water partition coefficient (Wildman–Crippen LogP) is 5.48. The minimum Gasteiger partial charge on any atom is -0.291 e. The summed E-state index contributed by atoms with van der Waals surface area (Å²) >= 11 is 0. The van der Waals surface area contributed by atoms with Crippen molar-refractivity contribution in [1.29, 1.82) is 0 Å². The molecule has 6 rings (SSSR count). The summed E-state index contributed by atoms with van der Waals surface area (Å²) in [4.78, 5) is 19.6. The first-order chi connectivity index (χ1) is 20.0. The highest BCUT2D eigenvalue weighted by Gasteiger charge is 2.50. The molecule has 42 heavy (non-hydrogen) atoms. The molecule has 218 valence electrons. The van der Waals surface area contributed by atoms with Gasteiger partial charge in [-0.3, -0.25) is 14.5 Å². The summed E-state index contributed by atoms with van der Waals surface area (Å²) in [5.74, 6) is 3.80. The molecule has 3 heterocycles. The third kappa shape index (κ3) is 4.72. The molecule has 0 spiro atoms. The summed E-state index contributed by atoms with van der Waals surface area (Å²) in [6, 6.07) is 9.91. The SMILES string of the molecule is C=S(=O)(c1cnn(C(C)C)c1)N(C)[C@H]1CCC2=Cc3c(cnn3-c3ccc(F)cc3)C[C@]2(C(=O)c2cc(C)ccn2)C1. The van der Waals surface area contributed by atoms with E-state index in [2.05, 4.69) is 27.1 Å². The van der Waals surface area contributed by atoms with Gasteiger partial charge in [0.25, 0.3) is 0 Å². The zero-order valence-electron chi connectivity index (χ0n) is 24.3. The summed E-state index contributed by atoms with van der Waals surface area (Å²) in [5, 5.41) is 9.02. The number of rotatable bonds is 7. The largest absolute Gasteiger partial charge is 0.291 e. The molecule has 8 nitrogen and oxygen atoms in total. The van der Waals surface area contributed by atoms with Gasteiger partial charge < -0.3 is 0 Å². The van der Waals surface area contributed by atoms with Gasteiger partial charge in [0, 0.05) is 24.5 Å². The zero-order valence-corrected chi connectivity index (χ0v) is 25.1. The van der Waals surface area contributed by atoms with E-state index in [0.717, 1.165) is 28.1 Å². The van der Waals surface area contributed by atoms with Crippen LogP contribution >= 0.6 is 0 Å². The van der Waals surface area contributed by atoms with Crippen LogP contribution in [0.1, 0.15) is 66.5 Å². The molecule has 0 N–H and O–H groups in total. The van der Waals surface area contributed by atoms with Crippen molar-refractivity contribution in [1.82, 2.24) is 28.9 Å². The Bertz CT molecular complexity index is 1800. The van der Waals surface area contributed by atoms with Crippen LogP contribution in [0.15, 0.2) is 71.7 Å². The molecule has 4 aromatic rings. The van der Waals surface area contributed by atoms with Crippen molar-refractivity contribution in [2.75, 3.05) is 7.05 Å². The summed E-state index contributed by atoms with van der Waals surface area (Å²) in [5.41, 5.74) is 4.10. The predicted molar refractivity (Wildman–Crippen MR) is 162 cm³/mol. The Morgan fingerprint density at radius 3 is 2.64 bits per heavy atom. The van der Waals surface area contributed by atoms with Crippen molar-refractivity contribution in [3.8, 4) is 5.69 Å². The number of aromatic nitrogens is 5. The van der Waals surface area contributed by atoms with Gasteiger partial charge in [0.2, 0.25) is 0 Å². The Labute approximate surface area is 246 Å². The van der Waals surface area contributed by atoms with Crippen LogP contribution < -0.4 is 0 Å². The van der Waals surface area contributed by atoms with Crippen LogP contribution in [-0.2, 0) is 16.1 Å². The smallest absolute Gasteiger partial charge is 0.191 e. The van der Waals surface area contributed by atoms with E-state index in [1.165, 1.54) is 12.1 Å². The van der Waals surface area contributed by atoms with Gasteiger partial charge in [-0.2, -0.15) is 10.2 Å². The number of halogens is 1. The molecule has 0 aliphatic heterocycles. The standard InChI is InChI=1S/C32H35FN6O2S/c1-21(2)38-20-28(19-35-38)42(5,41)37(4)27-9-6-24-15-30-23(18-36-39(30)26-10-7-25(33)8-11-26)16-32(24,17-27)31(40)29-14-22(3)12-13-34-29/h7-8,10-15,18-21,27H,5-6,9,16-17H2,1-4H3/t27-,32-,42?/m0/s1. The number of fused-ring (bicyclic) bond motifs is 2. The second kappa shape index (κ2) is 10.4. The molecular weight excluding hydrogens is 551 g/mol. The summed E-state index contributed by atoms with van der Waals surface area (Å²) in [6.07, 6.45) is 11.2. The van der Waals surface area contributed by atoms with E-state index in [0.29, 0.717) is 36.3 Å². The van der Waals surface area contributed by atoms with Crippen LogP contribution in [-0.4, -0.2) is 57.8 Å². The van der Waals surface area contributed by atoms with Crippen LogP contribution in [0, 0.1) is 18.2 Å². The third-order valence-electron chi connectivity index (χ3n) is 8.74. The molecule has 0 amide bonds. The number of nitrogens with zero attached hydrogens (tertiary/aromatic N) is 6. The van der Waals surface area contributed by atoms with Crippen LogP contribution in [0.5, 0.6) is 0 Å². The highest BCUT2D eigenvalue weighted by Crippen LogP contribution is 2.51. The van der Waals surface area contributed by atoms with E-state index in [1.54, 1.807) is 46.3 Å². The molecule has 1 saturated carbocycles. The third-order valence-corrected chi connectivity index (χ3v) is 10.9. The van der Waals surface area contributed by atoms with Crippen molar-refractivity contribution in [3.05, 3.63) is 95.1 Å². The van der Waals surface area contributed by atoms with Crippen LogP contribution in [0.2, 0.25) is 0 Å². The molecule has 2 aliphatic rings. The van der Waals surface area contributed by atoms with Crippen molar-refractivity contribution < 1.29 is 13.4 Å². The maximum absolute atomic E-state index is 14.5. The second-order valence-corrected chi connectivity index (χ2v) is 14.1. The van der Waals surface area contributed by atoms with E-state index in [4.69, 9.17) is 0 Å². The molecule has 0 bridgehead atoms. The minimum atomic E-state index is -2.85. The van der Waals surface area contributed by atoms with Crippen molar-refractivity contribution >= 4 is 27.4 Å². The number of hydrogen-bond acceptors (Lipinski definition) is 5. The van der Waals surface area contributed by atoms with E-state index in [9.17, 15) is 13.4 Å². The number of carbonyl (C=O) groups is 1. The molecule has 3 atom stereocenters. The summed E-state index contributed by atoms with van der Waals surface area (Å²) < 4.78 is 33.2. The normalized spacial score (nSPS) is 21.5. The van der Waals surface area contributed by atoms with Gasteiger partial charge in [-0.15, -0.1) is 0 Å². The van der Waals surface area contributed by atoms with E-state index < -0.39 is 15.1 Å². The van der Waals surface area contributed by atoms with Gasteiger partial charge >= 0.3 is 0 Å². The van der Waals surface area contributed by atoms with Crippen molar-refractivity contribution in [2.45, 2.75) is 63.4 Å². The molecule has 0 radical (unpaired) electrons. The van der Waals surface area contributed by atoms with Gasteiger partial charge in [-0.05, 0) is 113 Å². The fourth-order valence-corrected chi connectivity index (χ4v) is 7.74. The lowest BCUT2D eigenvalue weighted by molar-refractivity contribution is 0.0749. The molecule has 0 saturated heterocycles. The van der Waals surface area contributed by atoms with E-state index in [1.807, 2.05) is 44.3 Å². The first-order valence-electron chi connectivity index (χ1n) is 14.2. The number of hydrogen-bond donors (Lipinski definition) is 0. The summed E-state index contributed by atoms with van der Waals surface area (Å²) in [7, 11) is -1.01. The Balaban J connectivity index is 1.40. The van der Waals surface area contributed by atoms with Gasteiger partial charge in [0.15, 0.2) is 5.78 Å². The highest BCUT2D eigenvalue weighted by atomic mass is 32.2. The first-order valence-corrected chi connectivity index (χ1v) is 15.8. The van der Waals surface area contributed by atoms with Crippen LogP contribution in [0.3, 0.4) is 0 Å². The maximum atomic E-state index is 14.5. The Hall–Kier alpha value is -3.89. The van der Waals surface area contributed by atoms with Crippen molar-refractivity contribution in [3.63, 3.8) is 0 Å². The Kier molecular flexibility index (Phi) is 7.01. The Morgan fingerprint density at radius 2 is 1.95 bits per heavy atom. The number of carbonyl (C=O) groups excluding carboxylic acids is 1. The van der Waals surface area contributed by atoms with E-state index >= 15 is 0 Å². The van der Waals surface area contributed by atoms with Gasteiger partial charge in [0.1, 0.15) is 11.5 Å². The number of benzene rings is 1. The number of pyridine rings is 1. The Morgan fingerprint density at radius 1 is 1.19 bits per heavy atom. The fraction of sp³-hybridized carbons (Fsp3) is 0.344. The molecule has 1 fully saturated rings.